The molecule has 0 spiro atoms. The molecule has 2 aromatic carbocycles. The van der Waals surface area contributed by atoms with E-state index in [4.69, 9.17) is 9.47 Å². The third kappa shape index (κ3) is 3.77. The van der Waals surface area contributed by atoms with Gasteiger partial charge in [-0.1, -0.05) is 24.3 Å². The molecule has 1 atom stereocenters. The molecular formula is C23H22N4O3. The highest BCUT2D eigenvalue weighted by atomic mass is 16.5. The molecule has 0 saturated carbocycles. The van der Waals surface area contributed by atoms with Crippen molar-refractivity contribution in [3.05, 3.63) is 78.0 Å². The first-order valence-corrected chi connectivity index (χ1v) is 10.1. The number of benzene rings is 2. The van der Waals surface area contributed by atoms with Gasteiger partial charge in [-0.3, -0.25) is 4.98 Å². The second-order valence-corrected chi connectivity index (χ2v) is 7.35. The zero-order valence-corrected chi connectivity index (χ0v) is 16.4. The smallest absolute Gasteiger partial charge is 0.241 e. The Morgan fingerprint density at radius 3 is 2.57 bits per heavy atom. The Morgan fingerprint density at radius 1 is 1.00 bits per heavy atom. The number of ether oxygens (including phenoxy) is 2. The zero-order valence-electron chi connectivity index (χ0n) is 16.4. The van der Waals surface area contributed by atoms with E-state index in [2.05, 4.69) is 19.9 Å². The molecule has 7 nitrogen and oxygen atoms in total. The van der Waals surface area contributed by atoms with Crippen LogP contribution in [0.1, 0.15) is 41.9 Å². The molecule has 1 aliphatic heterocycles. The molecule has 1 saturated heterocycles. The van der Waals surface area contributed by atoms with E-state index >= 15 is 0 Å². The largest absolute Gasteiger partial charge is 0.437 e. The average molecular weight is 402 g/mol. The van der Waals surface area contributed by atoms with Crippen molar-refractivity contribution in [2.75, 3.05) is 13.2 Å². The van der Waals surface area contributed by atoms with Crippen molar-refractivity contribution in [1.82, 2.24) is 19.9 Å². The summed E-state index contributed by atoms with van der Waals surface area (Å²) in [4.78, 5) is 16.5. The number of imidazole rings is 1. The molecule has 1 aliphatic rings. The Balaban J connectivity index is 1.34. The van der Waals surface area contributed by atoms with Gasteiger partial charge in [0.15, 0.2) is 0 Å². The molecule has 0 radical (unpaired) electrons. The molecule has 0 bridgehead atoms. The van der Waals surface area contributed by atoms with E-state index in [1.54, 1.807) is 12.4 Å². The van der Waals surface area contributed by atoms with Crippen molar-refractivity contribution in [2.24, 2.45) is 0 Å². The summed E-state index contributed by atoms with van der Waals surface area (Å²) in [6.45, 7) is 1.46. The molecule has 7 heteroatoms. The second-order valence-electron chi connectivity index (χ2n) is 7.35. The van der Waals surface area contributed by atoms with Crippen molar-refractivity contribution in [2.45, 2.75) is 24.9 Å². The van der Waals surface area contributed by atoms with Crippen LogP contribution >= 0.6 is 0 Å². The van der Waals surface area contributed by atoms with Gasteiger partial charge < -0.3 is 19.6 Å². The molecule has 0 aliphatic carbocycles. The van der Waals surface area contributed by atoms with Gasteiger partial charge in [-0.2, -0.15) is 0 Å². The highest BCUT2D eigenvalue weighted by Gasteiger charge is 2.22. The number of para-hydroxylation sites is 2. The van der Waals surface area contributed by atoms with Crippen LogP contribution in [0.5, 0.6) is 11.6 Å². The number of fused-ring (bicyclic) bond motifs is 1. The first kappa shape index (κ1) is 18.7. The molecule has 30 heavy (non-hydrogen) atoms. The van der Waals surface area contributed by atoms with Crippen LogP contribution in [0, 0.1) is 0 Å². The number of rotatable bonds is 5. The number of aromatic amines is 1. The molecule has 152 valence electrons. The maximum absolute atomic E-state index is 10.7. The minimum absolute atomic E-state index is 0.289. The van der Waals surface area contributed by atoms with E-state index in [9.17, 15) is 5.11 Å². The Morgan fingerprint density at radius 2 is 1.77 bits per heavy atom. The van der Waals surface area contributed by atoms with E-state index in [0.717, 1.165) is 48.3 Å². The molecule has 1 fully saturated rings. The van der Waals surface area contributed by atoms with Crippen molar-refractivity contribution < 1.29 is 14.6 Å². The first-order valence-electron chi connectivity index (χ1n) is 10.1. The molecule has 3 heterocycles. The number of nitrogens with zero attached hydrogens (tertiary/aromatic N) is 3. The predicted octanol–water partition coefficient (Wildman–Crippen LogP) is 4.12. The van der Waals surface area contributed by atoms with E-state index in [1.807, 2.05) is 48.5 Å². The Labute approximate surface area is 173 Å². The molecule has 1 unspecified atom stereocenters. The number of aliphatic hydroxyl groups is 1. The lowest BCUT2D eigenvalue weighted by atomic mass is 9.96. The number of aliphatic hydroxyl groups excluding tert-OH is 1. The van der Waals surface area contributed by atoms with Crippen LogP contribution in [-0.4, -0.2) is 38.3 Å². The van der Waals surface area contributed by atoms with Crippen LogP contribution in [0.2, 0.25) is 0 Å². The minimum Gasteiger partial charge on any atom is -0.437 e. The fraction of sp³-hybridized carbons (Fsp3) is 0.261. The number of nitrogens with one attached hydrogen (secondary N) is 1. The van der Waals surface area contributed by atoms with Gasteiger partial charge >= 0.3 is 0 Å². The fourth-order valence-corrected chi connectivity index (χ4v) is 3.76. The van der Waals surface area contributed by atoms with Crippen LogP contribution in [0.4, 0.5) is 0 Å². The predicted molar refractivity (Wildman–Crippen MR) is 111 cm³/mol. The molecule has 5 rings (SSSR count). The molecule has 2 aromatic heterocycles. The summed E-state index contributed by atoms with van der Waals surface area (Å²) >= 11 is 0. The fourth-order valence-electron chi connectivity index (χ4n) is 3.76. The monoisotopic (exact) mass is 402 g/mol. The van der Waals surface area contributed by atoms with Crippen molar-refractivity contribution in [3.63, 3.8) is 0 Å². The maximum Gasteiger partial charge on any atom is 0.241 e. The normalized spacial score (nSPS) is 15.9. The molecule has 2 N–H and O–H groups in total. The Hall–Kier alpha value is -3.29. The van der Waals surface area contributed by atoms with Crippen LogP contribution in [-0.2, 0) is 4.74 Å². The topological polar surface area (TPSA) is 93.2 Å². The zero-order chi connectivity index (χ0) is 20.3. The van der Waals surface area contributed by atoms with Gasteiger partial charge in [0.2, 0.25) is 5.88 Å². The molecule has 0 amide bonds. The third-order valence-electron chi connectivity index (χ3n) is 5.38. The van der Waals surface area contributed by atoms with Crippen LogP contribution in [0.25, 0.3) is 11.0 Å². The SMILES string of the molecule is OC(c1ccc(Oc2nccnc2C2CCOCC2)cc1)c1nc2ccccc2[nH]1. The average Bonchev–Trinajstić information content (AvgIpc) is 3.24. The lowest BCUT2D eigenvalue weighted by Gasteiger charge is -2.22. The van der Waals surface area contributed by atoms with E-state index in [1.165, 1.54) is 0 Å². The van der Waals surface area contributed by atoms with Crippen molar-refractivity contribution in [1.29, 1.82) is 0 Å². The van der Waals surface area contributed by atoms with Crippen LogP contribution in [0.3, 0.4) is 0 Å². The molecular weight excluding hydrogens is 380 g/mol. The van der Waals surface area contributed by atoms with Gasteiger partial charge in [-0.05, 0) is 42.7 Å². The summed E-state index contributed by atoms with van der Waals surface area (Å²) < 4.78 is 11.5. The lowest BCUT2D eigenvalue weighted by Crippen LogP contribution is -2.16. The number of hydrogen-bond acceptors (Lipinski definition) is 6. The summed E-state index contributed by atoms with van der Waals surface area (Å²) in [5.74, 6) is 1.97. The van der Waals surface area contributed by atoms with E-state index in [0.29, 0.717) is 17.5 Å². The maximum atomic E-state index is 10.7. The standard InChI is InChI=1S/C23H22N4O3/c28-21(22-26-18-3-1-2-4-19(18)27-22)16-5-7-17(8-6-16)30-23-20(24-11-12-25-23)15-9-13-29-14-10-15/h1-8,11-12,15,21,28H,9-10,13-14H2,(H,26,27). The van der Waals surface area contributed by atoms with Crippen LogP contribution < -0.4 is 4.74 Å². The highest BCUT2D eigenvalue weighted by Crippen LogP contribution is 2.33. The summed E-state index contributed by atoms with van der Waals surface area (Å²) in [5, 5.41) is 10.7. The summed E-state index contributed by atoms with van der Waals surface area (Å²) in [6.07, 6.45) is 4.32. The van der Waals surface area contributed by atoms with Gasteiger partial charge in [0.25, 0.3) is 0 Å². The van der Waals surface area contributed by atoms with E-state index in [-0.39, 0.29) is 5.92 Å². The second kappa shape index (κ2) is 8.22. The summed E-state index contributed by atoms with van der Waals surface area (Å²) in [7, 11) is 0. The lowest BCUT2D eigenvalue weighted by molar-refractivity contribution is 0.0839. The van der Waals surface area contributed by atoms with E-state index < -0.39 is 6.10 Å². The first-order chi connectivity index (χ1) is 14.8. The summed E-state index contributed by atoms with van der Waals surface area (Å²) in [6, 6.07) is 15.0. The van der Waals surface area contributed by atoms with Gasteiger partial charge in [-0.25, -0.2) is 9.97 Å². The number of aromatic nitrogens is 4. The van der Waals surface area contributed by atoms with Gasteiger partial charge in [0.1, 0.15) is 23.4 Å². The highest BCUT2D eigenvalue weighted by molar-refractivity contribution is 5.74. The third-order valence-corrected chi connectivity index (χ3v) is 5.38. The van der Waals surface area contributed by atoms with Gasteiger partial charge in [0, 0.05) is 31.5 Å². The number of H-pyrrole nitrogens is 1. The molecule has 4 aromatic rings. The van der Waals surface area contributed by atoms with Crippen molar-refractivity contribution in [3.8, 4) is 11.6 Å². The summed E-state index contributed by atoms with van der Waals surface area (Å²) in [5.41, 5.74) is 3.32. The van der Waals surface area contributed by atoms with Gasteiger partial charge in [-0.15, -0.1) is 0 Å². The van der Waals surface area contributed by atoms with Crippen molar-refractivity contribution >= 4 is 11.0 Å². The Kier molecular flexibility index (Phi) is 5.13. The quantitative estimate of drug-likeness (QED) is 0.522. The van der Waals surface area contributed by atoms with Crippen LogP contribution in [0.15, 0.2) is 60.9 Å². The Bertz CT molecular complexity index is 1100. The van der Waals surface area contributed by atoms with Gasteiger partial charge in [0.05, 0.1) is 11.0 Å². The minimum atomic E-state index is -0.847. The number of hydrogen-bond donors (Lipinski definition) is 2.